The van der Waals surface area contributed by atoms with Crippen molar-refractivity contribution in [2.24, 2.45) is 0 Å². The van der Waals surface area contributed by atoms with Crippen LogP contribution in [0.3, 0.4) is 0 Å². The van der Waals surface area contributed by atoms with E-state index in [2.05, 4.69) is 18.0 Å². The minimum Gasteiger partial charge on any atom is -0.491 e. The third-order valence-corrected chi connectivity index (χ3v) is 5.64. The first-order valence-electron chi connectivity index (χ1n) is 10.1. The van der Waals surface area contributed by atoms with Crippen molar-refractivity contribution < 1.29 is 14.3 Å². The highest BCUT2D eigenvalue weighted by Crippen LogP contribution is 2.38. The molecule has 152 valence electrons. The molecule has 0 N–H and O–H groups in total. The van der Waals surface area contributed by atoms with Gasteiger partial charge in [0.05, 0.1) is 5.56 Å². The molecule has 2 unspecified atom stereocenters. The van der Waals surface area contributed by atoms with Gasteiger partial charge in [-0.2, -0.15) is 5.26 Å². The summed E-state index contributed by atoms with van der Waals surface area (Å²) >= 11 is 0. The average molecular weight is 386 g/mol. The topological polar surface area (TPSA) is 65.8 Å². The molecule has 1 amide bonds. The first-order valence-corrected chi connectivity index (χ1v) is 10.1. The Morgan fingerprint density at radius 3 is 2.50 bits per heavy atom. The summed E-state index contributed by atoms with van der Waals surface area (Å²) in [7, 11) is 2.12. The van der Waals surface area contributed by atoms with Crippen LogP contribution in [0.1, 0.15) is 52.0 Å². The maximum Gasteiger partial charge on any atom is 0.410 e. The molecule has 3 rings (SSSR count). The van der Waals surface area contributed by atoms with Crippen molar-refractivity contribution in [3.05, 3.63) is 29.8 Å². The highest BCUT2D eigenvalue weighted by molar-refractivity contribution is 5.69. The number of hydrogen-bond donors (Lipinski definition) is 0. The number of rotatable bonds is 5. The lowest BCUT2D eigenvalue weighted by Crippen LogP contribution is -2.53. The van der Waals surface area contributed by atoms with Gasteiger partial charge in [0, 0.05) is 24.7 Å². The second kappa shape index (κ2) is 8.40. The van der Waals surface area contributed by atoms with E-state index in [1.807, 2.05) is 43.9 Å². The number of fused-ring (bicyclic) bond motifs is 2. The van der Waals surface area contributed by atoms with Gasteiger partial charge in [0.2, 0.25) is 0 Å². The van der Waals surface area contributed by atoms with Crippen LogP contribution < -0.4 is 4.74 Å². The van der Waals surface area contributed by atoms with Crippen molar-refractivity contribution in [2.45, 2.75) is 70.2 Å². The third kappa shape index (κ3) is 4.77. The highest BCUT2D eigenvalue weighted by atomic mass is 16.6. The SMILES string of the molecule is CN(CCOc1ccccc1C#N)C1CC2CCC(C1)N2C(=O)OC(C)(C)C. The number of nitrogens with zero attached hydrogens (tertiary/aromatic N) is 3. The fraction of sp³-hybridized carbons (Fsp3) is 0.636. The average Bonchev–Trinajstić information content (AvgIpc) is 2.90. The van der Waals surface area contributed by atoms with E-state index in [4.69, 9.17) is 14.7 Å². The maximum atomic E-state index is 12.6. The van der Waals surface area contributed by atoms with Gasteiger partial charge in [0.1, 0.15) is 24.0 Å². The number of para-hydroxylation sites is 1. The normalized spacial score (nSPS) is 24.1. The summed E-state index contributed by atoms with van der Waals surface area (Å²) in [5.74, 6) is 0.637. The van der Waals surface area contributed by atoms with Crippen molar-refractivity contribution in [3.63, 3.8) is 0 Å². The molecule has 2 saturated heterocycles. The van der Waals surface area contributed by atoms with E-state index in [0.717, 1.165) is 32.2 Å². The van der Waals surface area contributed by atoms with Gasteiger partial charge in [0.25, 0.3) is 0 Å². The molecule has 6 nitrogen and oxygen atoms in total. The molecule has 0 aliphatic carbocycles. The van der Waals surface area contributed by atoms with Crippen LogP contribution in [0.4, 0.5) is 4.79 Å². The van der Waals surface area contributed by atoms with E-state index in [1.165, 1.54) is 0 Å². The van der Waals surface area contributed by atoms with Crippen LogP contribution in [-0.4, -0.2) is 59.8 Å². The maximum absolute atomic E-state index is 12.6. The molecule has 0 aromatic heterocycles. The minimum atomic E-state index is -0.457. The Morgan fingerprint density at radius 2 is 1.89 bits per heavy atom. The summed E-state index contributed by atoms with van der Waals surface area (Å²) < 4.78 is 11.4. The molecule has 2 atom stereocenters. The lowest BCUT2D eigenvalue weighted by Gasteiger charge is -2.42. The molecule has 6 heteroatoms. The zero-order valence-corrected chi connectivity index (χ0v) is 17.4. The van der Waals surface area contributed by atoms with Gasteiger partial charge in [-0.05, 0) is 65.6 Å². The number of likely N-dealkylation sites (N-methyl/N-ethyl adjacent to an activating group) is 1. The molecule has 2 bridgehead atoms. The number of amides is 1. The molecular formula is C22H31N3O3. The number of carbonyl (C=O) groups is 1. The Balaban J connectivity index is 1.51. The van der Waals surface area contributed by atoms with Crippen LogP contribution in [0.5, 0.6) is 5.75 Å². The van der Waals surface area contributed by atoms with Crippen LogP contribution in [0.25, 0.3) is 0 Å². The quantitative estimate of drug-likeness (QED) is 0.771. The lowest BCUT2D eigenvalue weighted by molar-refractivity contribution is -0.00292. The van der Waals surface area contributed by atoms with Crippen molar-refractivity contribution in [2.75, 3.05) is 20.2 Å². The van der Waals surface area contributed by atoms with Gasteiger partial charge in [-0.15, -0.1) is 0 Å². The molecule has 0 radical (unpaired) electrons. The van der Waals surface area contributed by atoms with Crippen molar-refractivity contribution >= 4 is 6.09 Å². The van der Waals surface area contributed by atoms with E-state index in [0.29, 0.717) is 24.0 Å². The summed E-state index contributed by atoms with van der Waals surface area (Å²) in [5.41, 5.74) is 0.107. The predicted molar refractivity (Wildman–Crippen MR) is 107 cm³/mol. The van der Waals surface area contributed by atoms with Gasteiger partial charge in [-0.25, -0.2) is 4.79 Å². The number of piperidine rings is 1. The smallest absolute Gasteiger partial charge is 0.410 e. The molecule has 2 fully saturated rings. The molecule has 1 aromatic carbocycles. The summed E-state index contributed by atoms with van der Waals surface area (Å²) in [4.78, 5) is 16.9. The predicted octanol–water partition coefficient (Wildman–Crippen LogP) is 3.80. The first-order chi connectivity index (χ1) is 13.3. The largest absolute Gasteiger partial charge is 0.491 e. The molecule has 1 aromatic rings. The molecule has 2 heterocycles. The first kappa shape index (κ1) is 20.5. The van der Waals surface area contributed by atoms with Crippen LogP contribution in [0.2, 0.25) is 0 Å². The van der Waals surface area contributed by atoms with Crippen molar-refractivity contribution in [3.8, 4) is 11.8 Å². The van der Waals surface area contributed by atoms with Gasteiger partial charge in [0.15, 0.2) is 0 Å². The Labute approximate surface area is 168 Å². The Hall–Kier alpha value is -2.26. The molecule has 2 aliphatic heterocycles. The monoisotopic (exact) mass is 385 g/mol. The Bertz CT molecular complexity index is 723. The van der Waals surface area contributed by atoms with Crippen LogP contribution in [0.15, 0.2) is 24.3 Å². The lowest BCUT2D eigenvalue weighted by atomic mass is 9.96. The van der Waals surface area contributed by atoms with Crippen LogP contribution in [0, 0.1) is 11.3 Å². The zero-order valence-electron chi connectivity index (χ0n) is 17.4. The summed E-state index contributed by atoms with van der Waals surface area (Å²) in [6.07, 6.45) is 3.89. The van der Waals surface area contributed by atoms with Gasteiger partial charge in [-0.1, -0.05) is 12.1 Å². The second-order valence-electron chi connectivity index (χ2n) is 8.83. The van der Waals surface area contributed by atoms with Crippen molar-refractivity contribution in [1.29, 1.82) is 5.26 Å². The van der Waals surface area contributed by atoms with Crippen LogP contribution in [-0.2, 0) is 4.74 Å². The van der Waals surface area contributed by atoms with E-state index >= 15 is 0 Å². The molecule has 0 saturated carbocycles. The highest BCUT2D eigenvalue weighted by Gasteiger charge is 2.45. The Kier molecular flexibility index (Phi) is 6.14. The molecule has 28 heavy (non-hydrogen) atoms. The number of nitriles is 1. The van der Waals surface area contributed by atoms with Gasteiger partial charge < -0.3 is 14.4 Å². The van der Waals surface area contributed by atoms with Crippen molar-refractivity contribution in [1.82, 2.24) is 9.80 Å². The number of carbonyl (C=O) groups excluding carboxylic acids is 1. The summed E-state index contributed by atoms with van der Waals surface area (Å²) in [5, 5.41) is 9.15. The van der Waals surface area contributed by atoms with Gasteiger partial charge >= 0.3 is 6.09 Å². The number of ether oxygens (including phenoxy) is 2. The van der Waals surface area contributed by atoms with E-state index in [9.17, 15) is 4.79 Å². The molecule has 2 aliphatic rings. The number of benzene rings is 1. The summed E-state index contributed by atoms with van der Waals surface area (Å²) in [6.45, 7) is 7.07. The van der Waals surface area contributed by atoms with Gasteiger partial charge in [-0.3, -0.25) is 4.90 Å². The number of hydrogen-bond acceptors (Lipinski definition) is 5. The minimum absolute atomic E-state index is 0.169. The van der Waals surface area contributed by atoms with E-state index in [1.54, 1.807) is 6.07 Å². The molecular weight excluding hydrogens is 354 g/mol. The van der Waals surface area contributed by atoms with E-state index in [-0.39, 0.29) is 18.2 Å². The second-order valence-corrected chi connectivity index (χ2v) is 8.83. The third-order valence-electron chi connectivity index (χ3n) is 5.64. The zero-order chi connectivity index (χ0) is 20.3. The van der Waals surface area contributed by atoms with Crippen LogP contribution >= 0.6 is 0 Å². The summed E-state index contributed by atoms with van der Waals surface area (Å²) in [6, 6.07) is 10.4. The fourth-order valence-electron chi connectivity index (χ4n) is 4.29. The molecule has 0 spiro atoms. The fourth-order valence-corrected chi connectivity index (χ4v) is 4.29. The standard InChI is InChI=1S/C22H31N3O3/c1-22(2,3)28-21(26)25-17-9-10-18(25)14-19(13-17)24(4)11-12-27-20-8-6-5-7-16(20)15-23/h5-8,17-19H,9-14H2,1-4H3. The Morgan fingerprint density at radius 1 is 1.25 bits per heavy atom. The van der Waals surface area contributed by atoms with E-state index < -0.39 is 5.60 Å².